The number of rotatable bonds is 8. The van der Waals surface area contributed by atoms with Crippen molar-refractivity contribution in [1.82, 2.24) is 9.62 Å². The van der Waals surface area contributed by atoms with Gasteiger partial charge in [-0.1, -0.05) is 31.5 Å². The topological polar surface area (TPSA) is 44.4 Å². The zero-order valence-corrected chi connectivity index (χ0v) is 17.1. The van der Waals surface area contributed by atoms with Crippen molar-refractivity contribution in [3.8, 4) is 0 Å². The number of halogens is 1. The Bertz CT molecular complexity index is 728. The van der Waals surface area contributed by atoms with Gasteiger partial charge in [0, 0.05) is 22.2 Å². The van der Waals surface area contributed by atoms with Crippen LogP contribution in [0, 0.1) is 6.92 Å². The van der Waals surface area contributed by atoms with Gasteiger partial charge in [0.05, 0.1) is 10.7 Å². The van der Waals surface area contributed by atoms with E-state index >= 15 is 0 Å². The van der Waals surface area contributed by atoms with Crippen LogP contribution in [-0.2, 0) is 4.79 Å². The fraction of sp³-hybridized carbons (Fsp3) is 0.421. The van der Waals surface area contributed by atoms with Crippen LogP contribution in [-0.4, -0.2) is 30.2 Å². The number of nitrogens with one attached hydrogen (secondary N) is 2. The summed E-state index contributed by atoms with van der Waals surface area (Å²) < 4.78 is 1.99. The van der Waals surface area contributed by atoms with Crippen molar-refractivity contribution in [3.63, 3.8) is 0 Å². The number of nitrogens with zero attached hydrogens (tertiary/aromatic N) is 1. The number of hydrogen-bond acceptors (Lipinski definition) is 5. The number of benzene rings is 1. The summed E-state index contributed by atoms with van der Waals surface area (Å²) in [6, 6.07) is 4.06. The van der Waals surface area contributed by atoms with Gasteiger partial charge in [-0.15, -0.1) is 0 Å². The van der Waals surface area contributed by atoms with Crippen LogP contribution < -0.4 is 10.6 Å². The summed E-state index contributed by atoms with van der Waals surface area (Å²) in [4.78, 5) is 13.2. The highest BCUT2D eigenvalue weighted by Crippen LogP contribution is 2.37. The Hall–Kier alpha value is -1.43. The summed E-state index contributed by atoms with van der Waals surface area (Å²) in [6.07, 6.45) is 2.13. The van der Waals surface area contributed by atoms with E-state index in [-0.39, 0.29) is 5.78 Å². The lowest BCUT2D eigenvalue weighted by atomic mass is 9.91. The number of hydrogen-bond donors (Lipinski definition) is 2. The third kappa shape index (κ3) is 4.40. The maximum absolute atomic E-state index is 12.3. The van der Waals surface area contributed by atoms with Gasteiger partial charge in [0.25, 0.3) is 0 Å². The second kappa shape index (κ2) is 8.30. The third-order valence-corrected chi connectivity index (χ3v) is 5.56. The first-order valence-corrected chi connectivity index (χ1v) is 9.57. The first kappa shape index (κ1) is 19.9. The summed E-state index contributed by atoms with van der Waals surface area (Å²) in [6.45, 7) is 10.1. The molecule has 0 aliphatic heterocycles. The van der Waals surface area contributed by atoms with Gasteiger partial charge in [-0.3, -0.25) is 9.10 Å². The standard InChI is InChI=1S/C19H26ClN3OS/c1-7-8-11(2)21-16-13(4)18(24)17(16)22-15-10-9-14(20)19(12(15)3)25-23(5)6/h9-11,21-22H,4,7-8H2,1-3,5-6H3. The van der Waals surface area contributed by atoms with Gasteiger partial charge < -0.3 is 10.6 Å². The largest absolute Gasteiger partial charge is 0.380 e. The van der Waals surface area contributed by atoms with Gasteiger partial charge in [-0.2, -0.15) is 0 Å². The first-order chi connectivity index (χ1) is 11.8. The highest BCUT2D eigenvalue weighted by Gasteiger charge is 2.33. The van der Waals surface area contributed by atoms with Crippen LogP contribution in [0.5, 0.6) is 0 Å². The number of carbonyl (C=O) groups excluding carboxylic acids is 1. The summed E-state index contributed by atoms with van der Waals surface area (Å²) in [5, 5.41) is 7.39. The van der Waals surface area contributed by atoms with Crippen LogP contribution >= 0.6 is 23.5 Å². The third-order valence-electron chi connectivity index (χ3n) is 4.06. The molecular formula is C19H26ClN3OS. The van der Waals surface area contributed by atoms with Crippen molar-refractivity contribution in [2.75, 3.05) is 19.4 Å². The van der Waals surface area contributed by atoms with Crippen molar-refractivity contribution >= 4 is 35.0 Å². The lowest BCUT2D eigenvalue weighted by Gasteiger charge is -2.30. The quantitative estimate of drug-likeness (QED) is 0.503. The second-order valence-electron chi connectivity index (χ2n) is 6.47. The number of ketones is 1. The number of Topliss-reactive ketones (excluding diaryl/α,β-unsaturated/α-hetero) is 1. The molecule has 0 heterocycles. The fourth-order valence-corrected chi connectivity index (χ4v) is 3.80. The van der Waals surface area contributed by atoms with Gasteiger partial charge in [0.15, 0.2) is 0 Å². The van der Waals surface area contributed by atoms with Gasteiger partial charge in [0.1, 0.15) is 5.70 Å². The average molecular weight is 380 g/mol. The normalized spacial score (nSPS) is 15.5. The Morgan fingerprint density at radius 1 is 1.32 bits per heavy atom. The molecule has 1 aromatic rings. The predicted octanol–water partition coefficient (Wildman–Crippen LogP) is 4.76. The zero-order chi connectivity index (χ0) is 18.7. The van der Waals surface area contributed by atoms with E-state index in [9.17, 15) is 4.79 Å². The van der Waals surface area contributed by atoms with E-state index in [1.807, 2.05) is 37.5 Å². The molecule has 136 valence electrons. The summed E-state index contributed by atoms with van der Waals surface area (Å²) in [5.41, 5.74) is 3.85. The Morgan fingerprint density at radius 3 is 2.60 bits per heavy atom. The van der Waals surface area contributed by atoms with Gasteiger partial charge in [0.2, 0.25) is 5.78 Å². The summed E-state index contributed by atoms with van der Waals surface area (Å²) in [5.74, 6) is -0.0395. The maximum atomic E-state index is 12.3. The van der Waals surface area contributed by atoms with E-state index in [2.05, 4.69) is 31.1 Å². The van der Waals surface area contributed by atoms with Crippen LogP contribution in [0.15, 0.2) is 40.6 Å². The number of anilines is 1. The van der Waals surface area contributed by atoms with Crippen LogP contribution in [0.25, 0.3) is 0 Å². The van der Waals surface area contributed by atoms with Crippen LogP contribution in [0.1, 0.15) is 32.3 Å². The Kier molecular flexibility index (Phi) is 6.60. The summed E-state index contributed by atoms with van der Waals surface area (Å²) >= 11 is 7.90. The van der Waals surface area contributed by atoms with Crippen LogP contribution in [0.2, 0.25) is 5.02 Å². The molecule has 1 atom stereocenters. The Balaban J connectivity index is 2.29. The Labute approximate surface area is 159 Å². The molecule has 0 amide bonds. The van der Waals surface area contributed by atoms with Crippen molar-refractivity contribution in [2.45, 2.75) is 44.6 Å². The van der Waals surface area contributed by atoms with E-state index in [0.717, 1.165) is 34.7 Å². The lowest BCUT2D eigenvalue weighted by Crippen LogP contribution is -2.38. The molecule has 4 nitrogen and oxygen atoms in total. The van der Waals surface area contributed by atoms with Crippen molar-refractivity contribution < 1.29 is 4.79 Å². The molecule has 0 saturated heterocycles. The zero-order valence-electron chi connectivity index (χ0n) is 15.5. The Morgan fingerprint density at radius 2 is 2.00 bits per heavy atom. The second-order valence-corrected chi connectivity index (χ2v) is 8.20. The molecule has 25 heavy (non-hydrogen) atoms. The molecule has 0 aromatic heterocycles. The van der Waals surface area contributed by atoms with Crippen molar-refractivity contribution in [3.05, 3.63) is 46.3 Å². The SMILES string of the molecule is C=C1C(=O)C(Nc2ccc(Cl)c(SN(C)C)c2C)=C1NC(C)CCC. The van der Waals surface area contributed by atoms with Gasteiger partial charge in [-0.05, 0) is 64.0 Å². The molecule has 2 rings (SSSR count). The molecule has 1 aliphatic carbocycles. The fourth-order valence-electron chi connectivity index (χ4n) is 2.72. The van der Waals surface area contributed by atoms with E-state index < -0.39 is 0 Å². The number of allylic oxidation sites excluding steroid dienone is 2. The van der Waals surface area contributed by atoms with E-state index in [4.69, 9.17) is 11.6 Å². The minimum atomic E-state index is -0.0395. The molecule has 2 N–H and O–H groups in total. The first-order valence-electron chi connectivity index (χ1n) is 8.42. The maximum Gasteiger partial charge on any atom is 0.212 e. The highest BCUT2D eigenvalue weighted by atomic mass is 35.5. The van der Waals surface area contributed by atoms with Crippen LogP contribution in [0.4, 0.5) is 5.69 Å². The van der Waals surface area contributed by atoms with Crippen LogP contribution in [0.3, 0.4) is 0 Å². The molecular weight excluding hydrogens is 354 g/mol. The van der Waals surface area contributed by atoms with Gasteiger partial charge >= 0.3 is 0 Å². The molecule has 0 spiro atoms. The molecule has 1 aliphatic rings. The van der Waals surface area contributed by atoms with Crippen molar-refractivity contribution in [1.29, 1.82) is 0 Å². The molecule has 6 heteroatoms. The molecule has 1 unspecified atom stereocenters. The molecule has 0 fully saturated rings. The monoisotopic (exact) mass is 379 g/mol. The van der Waals surface area contributed by atoms with E-state index in [1.165, 1.54) is 0 Å². The highest BCUT2D eigenvalue weighted by molar-refractivity contribution is 7.97. The summed E-state index contributed by atoms with van der Waals surface area (Å²) in [7, 11) is 3.94. The minimum absolute atomic E-state index is 0.0395. The molecule has 0 saturated carbocycles. The smallest absolute Gasteiger partial charge is 0.212 e. The van der Waals surface area contributed by atoms with Gasteiger partial charge in [-0.25, -0.2) is 0 Å². The van der Waals surface area contributed by atoms with E-state index in [0.29, 0.717) is 22.3 Å². The minimum Gasteiger partial charge on any atom is -0.380 e. The molecule has 0 radical (unpaired) electrons. The molecule has 1 aromatic carbocycles. The molecule has 0 bridgehead atoms. The predicted molar refractivity (Wildman–Crippen MR) is 108 cm³/mol. The van der Waals surface area contributed by atoms with E-state index in [1.54, 1.807) is 11.9 Å². The van der Waals surface area contributed by atoms with Crippen molar-refractivity contribution in [2.24, 2.45) is 0 Å². The average Bonchev–Trinajstić information content (AvgIpc) is 2.56. The number of carbonyl (C=O) groups is 1. The lowest BCUT2D eigenvalue weighted by molar-refractivity contribution is -0.113.